The van der Waals surface area contributed by atoms with Crippen molar-refractivity contribution in [1.29, 1.82) is 0 Å². The second kappa shape index (κ2) is 5.86. The largest absolute Gasteiger partial charge is 0.477 e. The van der Waals surface area contributed by atoms with E-state index in [4.69, 9.17) is 5.11 Å². The summed E-state index contributed by atoms with van der Waals surface area (Å²) in [5.74, 6) is -3.32. The number of hydrogen-bond acceptors (Lipinski definition) is 4. The number of aryl methyl sites for hydroxylation is 1. The van der Waals surface area contributed by atoms with Gasteiger partial charge in [-0.2, -0.15) is 0 Å². The summed E-state index contributed by atoms with van der Waals surface area (Å²) in [6.07, 6.45) is 0.800. The maximum Gasteiger partial charge on any atom is 0.341 e. The maximum absolute atomic E-state index is 15.0. The Labute approximate surface area is 135 Å². The molecule has 0 radical (unpaired) electrons. The lowest BCUT2D eigenvalue weighted by Crippen LogP contribution is -2.25. The van der Waals surface area contributed by atoms with Crippen LogP contribution in [0.5, 0.6) is 0 Å². The van der Waals surface area contributed by atoms with Gasteiger partial charge in [0.1, 0.15) is 17.1 Å². The molecule has 1 aromatic heterocycles. The third kappa shape index (κ3) is 2.43. The van der Waals surface area contributed by atoms with E-state index in [1.54, 1.807) is 6.92 Å². The number of benzene rings is 1. The highest BCUT2D eigenvalue weighted by Crippen LogP contribution is 2.32. The molecule has 0 bridgehead atoms. The second-order valence-corrected chi connectivity index (χ2v) is 5.77. The van der Waals surface area contributed by atoms with Crippen LogP contribution in [0.4, 0.5) is 14.5 Å². The number of carboxylic acid groups (broad SMARTS) is 1. The number of nitrogens with zero attached hydrogens (tertiary/aromatic N) is 2. The Bertz CT molecular complexity index is 894. The SMILES string of the molecule is CCn1cc(C(=O)O)c(=O)c2cc(F)c(N3CCC(O)C3)c(F)c21. The number of aromatic nitrogens is 1. The summed E-state index contributed by atoms with van der Waals surface area (Å²) in [6, 6.07) is 0.874. The van der Waals surface area contributed by atoms with Gasteiger partial charge < -0.3 is 19.7 Å². The highest BCUT2D eigenvalue weighted by atomic mass is 19.1. The van der Waals surface area contributed by atoms with Crippen LogP contribution in [0, 0.1) is 11.6 Å². The lowest BCUT2D eigenvalue weighted by atomic mass is 10.1. The van der Waals surface area contributed by atoms with Gasteiger partial charge in [-0.3, -0.25) is 4.79 Å². The Morgan fingerprint density at radius 3 is 2.67 bits per heavy atom. The van der Waals surface area contributed by atoms with Crippen LogP contribution in [-0.2, 0) is 6.54 Å². The number of carbonyl (C=O) groups is 1. The van der Waals surface area contributed by atoms with Crippen LogP contribution in [-0.4, -0.2) is 39.9 Å². The minimum absolute atomic E-state index is 0.100. The zero-order valence-corrected chi connectivity index (χ0v) is 12.9. The van der Waals surface area contributed by atoms with Crippen molar-refractivity contribution in [3.05, 3.63) is 39.7 Å². The normalized spacial score (nSPS) is 17.7. The average Bonchev–Trinajstić information content (AvgIpc) is 2.94. The minimum Gasteiger partial charge on any atom is -0.477 e. The summed E-state index contributed by atoms with van der Waals surface area (Å²) in [5, 5.41) is 18.4. The van der Waals surface area contributed by atoms with Crippen LogP contribution in [0.15, 0.2) is 17.1 Å². The first-order valence-corrected chi connectivity index (χ1v) is 7.56. The van der Waals surface area contributed by atoms with E-state index in [-0.39, 0.29) is 29.7 Å². The van der Waals surface area contributed by atoms with Crippen molar-refractivity contribution in [1.82, 2.24) is 4.57 Å². The monoisotopic (exact) mass is 338 g/mol. The number of β-amino-alcohol motifs (C(OH)–C–C–N with tert-alkyl or cyclic N) is 1. The molecule has 128 valence electrons. The third-order valence-electron chi connectivity index (χ3n) is 4.28. The lowest BCUT2D eigenvalue weighted by molar-refractivity contribution is 0.0694. The zero-order chi connectivity index (χ0) is 17.6. The van der Waals surface area contributed by atoms with E-state index >= 15 is 0 Å². The average molecular weight is 338 g/mol. The van der Waals surface area contributed by atoms with Crippen LogP contribution >= 0.6 is 0 Å². The van der Waals surface area contributed by atoms with Gasteiger partial charge in [0, 0.05) is 25.8 Å². The number of carboxylic acids is 1. The molecule has 3 rings (SSSR count). The Morgan fingerprint density at radius 2 is 2.12 bits per heavy atom. The predicted octanol–water partition coefficient (Wildman–Crippen LogP) is 1.57. The van der Waals surface area contributed by atoms with Crippen molar-refractivity contribution in [2.45, 2.75) is 26.0 Å². The molecule has 1 aliphatic rings. The van der Waals surface area contributed by atoms with Crippen molar-refractivity contribution in [2.24, 2.45) is 0 Å². The van der Waals surface area contributed by atoms with Gasteiger partial charge in [0.15, 0.2) is 5.82 Å². The molecule has 0 amide bonds. The highest BCUT2D eigenvalue weighted by molar-refractivity contribution is 5.93. The van der Waals surface area contributed by atoms with Crippen molar-refractivity contribution < 1.29 is 23.8 Å². The van der Waals surface area contributed by atoms with Crippen molar-refractivity contribution in [2.75, 3.05) is 18.0 Å². The summed E-state index contributed by atoms with van der Waals surface area (Å²) in [4.78, 5) is 24.8. The molecule has 1 fully saturated rings. The quantitative estimate of drug-likeness (QED) is 0.888. The van der Waals surface area contributed by atoms with E-state index in [9.17, 15) is 23.5 Å². The molecule has 1 aromatic carbocycles. The number of pyridine rings is 1. The Morgan fingerprint density at radius 1 is 1.42 bits per heavy atom. The van der Waals surface area contributed by atoms with Crippen LogP contribution in [0.25, 0.3) is 10.9 Å². The van der Waals surface area contributed by atoms with E-state index in [0.717, 1.165) is 12.3 Å². The number of aromatic carboxylic acids is 1. The van der Waals surface area contributed by atoms with E-state index in [2.05, 4.69) is 0 Å². The summed E-state index contributed by atoms with van der Waals surface area (Å²) >= 11 is 0. The predicted molar refractivity (Wildman–Crippen MR) is 83.6 cm³/mol. The minimum atomic E-state index is -1.45. The van der Waals surface area contributed by atoms with Gasteiger partial charge in [-0.1, -0.05) is 0 Å². The van der Waals surface area contributed by atoms with Gasteiger partial charge >= 0.3 is 5.97 Å². The third-order valence-corrected chi connectivity index (χ3v) is 4.28. The van der Waals surface area contributed by atoms with Crippen LogP contribution in [0.3, 0.4) is 0 Å². The van der Waals surface area contributed by atoms with E-state index in [0.29, 0.717) is 13.0 Å². The van der Waals surface area contributed by atoms with Crippen LogP contribution < -0.4 is 10.3 Å². The number of aliphatic hydroxyl groups excluding tert-OH is 1. The molecule has 8 heteroatoms. The first-order chi connectivity index (χ1) is 11.3. The van der Waals surface area contributed by atoms with Crippen molar-refractivity contribution in [3.8, 4) is 0 Å². The summed E-state index contributed by atoms with van der Waals surface area (Å²) < 4.78 is 30.7. The number of halogens is 2. The van der Waals surface area contributed by atoms with Crippen molar-refractivity contribution in [3.63, 3.8) is 0 Å². The smallest absolute Gasteiger partial charge is 0.341 e. The molecule has 2 aromatic rings. The number of hydrogen-bond donors (Lipinski definition) is 2. The van der Waals surface area contributed by atoms with Gasteiger partial charge in [0.25, 0.3) is 0 Å². The molecule has 0 spiro atoms. The van der Waals surface area contributed by atoms with Crippen LogP contribution in [0.2, 0.25) is 0 Å². The van der Waals surface area contributed by atoms with E-state index in [1.807, 2.05) is 0 Å². The fourth-order valence-corrected chi connectivity index (χ4v) is 3.11. The molecular formula is C16H16F2N2O4. The summed E-state index contributed by atoms with van der Waals surface area (Å²) in [7, 11) is 0. The standard InChI is InChI=1S/C16H16F2N2O4/c1-2-19-7-10(16(23)24)15(22)9-5-11(17)14(12(18)13(9)19)20-4-3-8(21)6-20/h5,7-8,21H,2-4,6H2,1H3,(H,23,24). The Hall–Kier alpha value is -2.48. The molecule has 6 nitrogen and oxygen atoms in total. The van der Waals surface area contributed by atoms with Crippen LogP contribution in [0.1, 0.15) is 23.7 Å². The van der Waals surface area contributed by atoms with Gasteiger partial charge in [-0.05, 0) is 19.4 Å². The molecule has 2 heterocycles. The van der Waals surface area contributed by atoms with Gasteiger partial charge in [0.05, 0.1) is 17.0 Å². The molecule has 1 aliphatic heterocycles. The highest BCUT2D eigenvalue weighted by Gasteiger charge is 2.28. The summed E-state index contributed by atoms with van der Waals surface area (Å²) in [6.45, 7) is 2.27. The maximum atomic E-state index is 15.0. The first-order valence-electron chi connectivity index (χ1n) is 7.56. The molecule has 1 atom stereocenters. The second-order valence-electron chi connectivity index (χ2n) is 5.77. The molecule has 0 saturated carbocycles. The number of rotatable bonds is 3. The molecule has 0 aliphatic carbocycles. The molecule has 1 saturated heterocycles. The lowest BCUT2D eigenvalue weighted by Gasteiger charge is -2.21. The Kier molecular flexibility index (Phi) is 4.00. The number of anilines is 1. The molecular weight excluding hydrogens is 322 g/mol. The van der Waals surface area contributed by atoms with Gasteiger partial charge in [-0.15, -0.1) is 0 Å². The van der Waals surface area contributed by atoms with Gasteiger partial charge in [-0.25, -0.2) is 13.6 Å². The first kappa shape index (κ1) is 16.4. The molecule has 24 heavy (non-hydrogen) atoms. The molecule has 2 N–H and O–H groups in total. The molecule has 1 unspecified atom stereocenters. The Balaban J connectivity index is 2.34. The fourth-order valence-electron chi connectivity index (χ4n) is 3.11. The van der Waals surface area contributed by atoms with E-state index < -0.39 is 34.7 Å². The van der Waals surface area contributed by atoms with E-state index in [1.165, 1.54) is 9.47 Å². The number of fused-ring (bicyclic) bond motifs is 1. The van der Waals surface area contributed by atoms with Gasteiger partial charge in [0.2, 0.25) is 5.43 Å². The van der Waals surface area contributed by atoms with Crippen molar-refractivity contribution >= 4 is 22.6 Å². The topological polar surface area (TPSA) is 82.8 Å². The zero-order valence-electron chi connectivity index (χ0n) is 12.9. The fraction of sp³-hybridized carbons (Fsp3) is 0.375. The summed E-state index contributed by atoms with van der Waals surface area (Å²) in [5.41, 5.74) is -1.89. The number of aliphatic hydroxyl groups is 1.